The van der Waals surface area contributed by atoms with E-state index in [4.69, 9.17) is 0 Å². The molecular formula is C11H25N3O. The van der Waals surface area contributed by atoms with Gasteiger partial charge in [0.1, 0.15) is 0 Å². The second kappa shape index (κ2) is 5.25. The van der Waals surface area contributed by atoms with Gasteiger partial charge in [-0.1, -0.05) is 0 Å². The Morgan fingerprint density at radius 3 is 2.60 bits per heavy atom. The molecule has 0 bridgehead atoms. The Bertz CT molecular complexity index is 196. The smallest absolute Gasteiger partial charge is 0.0791 e. The molecule has 15 heavy (non-hydrogen) atoms. The van der Waals surface area contributed by atoms with Crippen LogP contribution in [0.2, 0.25) is 0 Å². The Kier molecular flexibility index (Phi) is 4.52. The van der Waals surface area contributed by atoms with E-state index in [0.29, 0.717) is 6.54 Å². The predicted octanol–water partition coefficient (Wildman–Crippen LogP) is -0.407. The van der Waals surface area contributed by atoms with E-state index < -0.39 is 0 Å². The highest BCUT2D eigenvalue weighted by Gasteiger charge is 2.31. The maximum Gasteiger partial charge on any atom is 0.0791 e. The van der Waals surface area contributed by atoms with Crippen molar-refractivity contribution in [2.75, 3.05) is 46.8 Å². The van der Waals surface area contributed by atoms with Gasteiger partial charge >= 0.3 is 0 Å². The fourth-order valence-electron chi connectivity index (χ4n) is 2.10. The Morgan fingerprint density at radius 1 is 1.40 bits per heavy atom. The van der Waals surface area contributed by atoms with Crippen LogP contribution in [-0.4, -0.2) is 73.4 Å². The number of aliphatic hydroxyl groups excluding tert-OH is 1. The van der Waals surface area contributed by atoms with Crippen molar-refractivity contribution in [3.8, 4) is 0 Å². The van der Waals surface area contributed by atoms with Crippen LogP contribution in [0.5, 0.6) is 0 Å². The van der Waals surface area contributed by atoms with Gasteiger partial charge in [0.05, 0.1) is 6.10 Å². The van der Waals surface area contributed by atoms with Crippen LogP contribution in [0.25, 0.3) is 0 Å². The summed E-state index contributed by atoms with van der Waals surface area (Å²) in [4.78, 5) is 4.73. The summed E-state index contributed by atoms with van der Waals surface area (Å²) in [5.41, 5.74) is 0.220. The van der Waals surface area contributed by atoms with Gasteiger partial charge in [-0.3, -0.25) is 9.80 Å². The monoisotopic (exact) mass is 215 g/mol. The van der Waals surface area contributed by atoms with Crippen molar-refractivity contribution >= 4 is 0 Å². The number of β-amino-alcohol motifs (C(OH)–C–C–N with tert-alkyl or cyclic N) is 1. The van der Waals surface area contributed by atoms with Gasteiger partial charge in [-0.05, 0) is 27.9 Å². The molecule has 4 heteroatoms. The molecule has 0 aromatic rings. The van der Waals surface area contributed by atoms with Crippen LogP contribution in [0.15, 0.2) is 0 Å². The molecule has 0 radical (unpaired) electrons. The van der Waals surface area contributed by atoms with Gasteiger partial charge in [-0.2, -0.15) is 0 Å². The van der Waals surface area contributed by atoms with Crippen LogP contribution in [0.4, 0.5) is 0 Å². The molecule has 1 saturated heterocycles. The topological polar surface area (TPSA) is 38.7 Å². The zero-order chi connectivity index (χ0) is 11.5. The maximum absolute atomic E-state index is 9.72. The zero-order valence-corrected chi connectivity index (χ0v) is 10.5. The van der Waals surface area contributed by atoms with Gasteiger partial charge in [0, 0.05) is 38.3 Å². The van der Waals surface area contributed by atoms with Crippen LogP contribution in [0.3, 0.4) is 0 Å². The Morgan fingerprint density at radius 2 is 2.07 bits per heavy atom. The number of hydrogen-bond donors (Lipinski definition) is 2. The summed E-state index contributed by atoms with van der Waals surface area (Å²) in [6.07, 6.45) is -0.255. The van der Waals surface area contributed by atoms with Crippen molar-refractivity contribution in [2.45, 2.75) is 25.5 Å². The highest BCUT2D eigenvalue weighted by Crippen LogP contribution is 2.18. The van der Waals surface area contributed by atoms with Crippen molar-refractivity contribution in [3.05, 3.63) is 0 Å². The van der Waals surface area contributed by atoms with Gasteiger partial charge in [0.25, 0.3) is 0 Å². The van der Waals surface area contributed by atoms with Gasteiger partial charge in [-0.15, -0.1) is 0 Å². The van der Waals surface area contributed by atoms with Crippen LogP contribution >= 0.6 is 0 Å². The second-order valence-electron chi connectivity index (χ2n) is 5.18. The predicted molar refractivity (Wildman–Crippen MR) is 63.1 cm³/mol. The lowest BCUT2D eigenvalue weighted by Crippen LogP contribution is -2.58. The van der Waals surface area contributed by atoms with E-state index >= 15 is 0 Å². The first kappa shape index (κ1) is 12.9. The fourth-order valence-corrected chi connectivity index (χ4v) is 2.10. The molecule has 1 aliphatic heterocycles. The third kappa shape index (κ3) is 3.72. The molecule has 4 nitrogen and oxygen atoms in total. The summed E-state index contributed by atoms with van der Waals surface area (Å²) in [6, 6.07) is 0. The lowest BCUT2D eigenvalue weighted by molar-refractivity contribution is 0.0152. The summed E-state index contributed by atoms with van der Waals surface area (Å²) >= 11 is 0. The molecule has 1 rings (SSSR count). The van der Waals surface area contributed by atoms with Crippen molar-refractivity contribution in [1.29, 1.82) is 0 Å². The molecule has 1 fully saturated rings. The minimum absolute atomic E-state index is 0.220. The van der Waals surface area contributed by atoms with E-state index in [0.717, 1.165) is 26.2 Å². The number of piperazine rings is 1. The van der Waals surface area contributed by atoms with Crippen LogP contribution in [-0.2, 0) is 0 Å². The quantitative estimate of drug-likeness (QED) is 0.669. The standard InChI is InChI=1S/C11H25N3O/c1-11(2)9-14(6-5-13(11)4)8-10(15)7-12-3/h10,12,15H,5-9H2,1-4H3. The van der Waals surface area contributed by atoms with Crippen LogP contribution in [0, 0.1) is 0 Å². The molecule has 1 heterocycles. The molecule has 1 unspecified atom stereocenters. The van der Waals surface area contributed by atoms with Gasteiger partial charge in [0.2, 0.25) is 0 Å². The Hall–Kier alpha value is -0.160. The minimum atomic E-state index is -0.255. The summed E-state index contributed by atoms with van der Waals surface area (Å²) < 4.78 is 0. The zero-order valence-electron chi connectivity index (χ0n) is 10.5. The van der Waals surface area contributed by atoms with Gasteiger partial charge < -0.3 is 10.4 Å². The summed E-state index contributed by atoms with van der Waals surface area (Å²) in [5.74, 6) is 0. The van der Waals surface area contributed by atoms with E-state index in [2.05, 4.69) is 36.0 Å². The average molecular weight is 215 g/mol. The molecular weight excluding hydrogens is 190 g/mol. The molecule has 0 aliphatic carbocycles. The third-order valence-electron chi connectivity index (χ3n) is 3.30. The van der Waals surface area contributed by atoms with Crippen LogP contribution < -0.4 is 5.32 Å². The van der Waals surface area contributed by atoms with E-state index in [9.17, 15) is 5.11 Å². The molecule has 0 amide bonds. The molecule has 1 aliphatic rings. The van der Waals surface area contributed by atoms with E-state index in [1.54, 1.807) is 0 Å². The van der Waals surface area contributed by atoms with Crippen molar-refractivity contribution in [2.24, 2.45) is 0 Å². The SMILES string of the molecule is CNCC(O)CN1CCN(C)C(C)(C)C1. The number of hydrogen-bond acceptors (Lipinski definition) is 4. The Balaban J connectivity index is 2.38. The highest BCUT2D eigenvalue weighted by atomic mass is 16.3. The molecule has 0 spiro atoms. The highest BCUT2D eigenvalue weighted by molar-refractivity contribution is 4.88. The summed E-state index contributed by atoms with van der Waals surface area (Å²) in [7, 11) is 4.04. The van der Waals surface area contributed by atoms with Gasteiger partial charge in [0.15, 0.2) is 0 Å². The number of aliphatic hydroxyl groups is 1. The first-order valence-electron chi connectivity index (χ1n) is 5.72. The number of rotatable bonds is 4. The molecule has 0 aromatic carbocycles. The number of likely N-dealkylation sites (N-methyl/N-ethyl adjacent to an activating group) is 2. The molecule has 0 saturated carbocycles. The first-order chi connectivity index (χ1) is 6.95. The van der Waals surface area contributed by atoms with Crippen molar-refractivity contribution < 1.29 is 5.11 Å². The largest absolute Gasteiger partial charge is 0.390 e. The number of nitrogens with zero attached hydrogens (tertiary/aromatic N) is 2. The summed E-state index contributed by atoms with van der Waals surface area (Å²) in [6.45, 7) is 9.13. The lowest BCUT2D eigenvalue weighted by atomic mass is 9.99. The second-order valence-corrected chi connectivity index (χ2v) is 5.18. The fraction of sp³-hybridized carbons (Fsp3) is 1.00. The molecule has 2 N–H and O–H groups in total. The minimum Gasteiger partial charge on any atom is -0.390 e. The van der Waals surface area contributed by atoms with E-state index in [-0.39, 0.29) is 11.6 Å². The summed E-state index contributed by atoms with van der Waals surface area (Å²) in [5, 5.41) is 12.7. The Labute approximate surface area is 93.2 Å². The average Bonchev–Trinajstić information content (AvgIpc) is 2.11. The normalized spacial score (nSPS) is 25.4. The van der Waals surface area contributed by atoms with Crippen LogP contribution in [0.1, 0.15) is 13.8 Å². The lowest BCUT2D eigenvalue weighted by Gasteiger charge is -2.45. The van der Waals surface area contributed by atoms with Gasteiger partial charge in [-0.25, -0.2) is 0 Å². The van der Waals surface area contributed by atoms with E-state index in [1.165, 1.54) is 0 Å². The molecule has 0 aromatic heterocycles. The first-order valence-corrected chi connectivity index (χ1v) is 5.72. The van der Waals surface area contributed by atoms with E-state index in [1.807, 2.05) is 7.05 Å². The maximum atomic E-state index is 9.72. The molecule has 90 valence electrons. The van der Waals surface area contributed by atoms with Crippen molar-refractivity contribution in [1.82, 2.24) is 15.1 Å². The number of nitrogens with one attached hydrogen (secondary N) is 1. The third-order valence-corrected chi connectivity index (χ3v) is 3.30. The van der Waals surface area contributed by atoms with Crippen molar-refractivity contribution in [3.63, 3.8) is 0 Å². The molecule has 1 atom stereocenters.